The highest BCUT2D eigenvalue weighted by Gasteiger charge is 2.13. The summed E-state index contributed by atoms with van der Waals surface area (Å²) in [5, 5.41) is 8.80. The number of carbonyl (C=O) groups excluding carboxylic acids is 3. The molecule has 1 heterocycles. The predicted octanol–water partition coefficient (Wildman–Crippen LogP) is 5.73. The van der Waals surface area contributed by atoms with Gasteiger partial charge in [-0.2, -0.15) is 0 Å². The highest BCUT2D eigenvalue weighted by atomic mass is 32.1. The Bertz CT molecular complexity index is 1480. The minimum absolute atomic E-state index is 0.0338. The average molecular weight is 633 g/mol. The minimum atomic E-state index is -0.389. The van der Waals surface area contributed by atoms with Crippen molar-refractivity contribution in [2.75, 3.05) is 34.4 Å². The Morgan fingerprint density at radius 3 is 2.22 bits per heavy atom. The Labute approximate surface area is 270 Å². The summed E-state index contributed by atoms with van der Waals surface area (Å²) in [6, 6.07) is 23.2. The normalized spacial score (nSPS) is 9.91. The van der Waals surface area contributed by atoms with Crippen LogP contribution in [0.5, 0.6) is 5.75 Å². The smallest absolute Gasteiger partial charge is 0.337 e. The van der Waals surface area contributed by atoms with E-state index in [1.165, 1.54) is 12.7 Å². The number of nitrogens with zero attached hydrogens (tertiary/aromatic N) is 2. The third-order valence-electron chi connectivity index (χ3n) is 6.30. The molecule has 2 N–H and O–H groups in total. The zero-order valence-electron chi connectivity index (χ0n) is 27.0. The Morgan fingerprint density at radius 1 is 0.911 bits per heavy atom. The molecule has 45 heavy (non-hydrogen) atoms. The Morgan fingerprint density at radius 2 is 1.64 bits per heavy atom. The fourth-order valence-corrected chi connectivity index (χ4v) is 4.83. The lowest BCUT2D eigenvalue weighted by molar-refractivity contribution is -0.109. The molecule has 0 aliphatic heterocycles. The molecule has 0 aliphatic rings. The molecule has 4 aromatic rings. The molecule has 0 saturated heterocycles. The summed E-state index contributed by atoms with van der Waals surface area (Å²) in [5.74, 6) is 0.263. The molecule has 0 bridgehead atoms. The maximum Gasteiger partial charge on any atom is 0.337 e. The number of aromatic nitrogens is 1. The van der Waals surface area contributed by atoms with Crippen LogP contribution in [-0.4, -0.2) is 62.5 Å². The second kappa shape index (κ2) is 20.4. The first-order chi connectivity index (χ1) is 21.7. The van der Waals surface area contributed by atoms with Crippen LogP contribution < -0.4 is 15.4 Å². The van der Waals surface area contributed by atoms with Crippen LogP contribution in [-0.2, 0) is 22.6 Å². The quantitative estimate of drug-likeness (QED) is 0.117. The van der Waals surface area contributed by atoms with Crippen molar-refractivity contribution in [1.82, 2.24) is 20.5 Å². The number of hydrogen-bond acceptors (Lipinski definition) is 8. The number of amides is 2. The lowest BCUT2D eigenvalue weighted by Crippen LogP contribution is -2.26. The van der Waals surface area contributed by atoms with Gasteiger partial charge < -0.3 is 25.0 Å². The van der Waals surface area contributed by atoms with Gasteiger partial charge in [0.1, 0.15) is 10.8 Å². The topological polar surface area (TPSA) is 110 Å². The van der Waals surface area contributed by atoms with Crippen molar-refractivity contribution in [1.29, 1.82) is 0 Å². The van der Waals surface area contributed by atoms with Gasteiger partial charge in [-0.05, 0) is 69.6 Å². The third kappa shape index (κ3) is 14.2. The van der Waals surface area contributed by atoms with E-state index in [0.29, 0.717) is 37.4 Å². The lowest BCUT2D eigenvalue weighted by atomic mass is 10.1. The number of esters is 1. The zero-order chi connectivity index (χ0) is 33.0. The molecule has 0 atom stereocenters. The number of hydrogen-bond donors (Lipinski definition) is 2. The van der Waals surface area contributed by atoms with Gasteiger partial charge in [-0.25, -0.2) is 9.78 Å². The molecule has 10 heteroatoms. The summed E-state index contributed by atoms with van der Waals surface area (Å²) in [6.45, 7) is 8.62. The Kier molecular flexibility index (Phi) is 16.6. The summed E-state index contributed by atoms with van der Waals surface area (Å²) in [7, 11) is 4.71. The summed E-state index contributed by atoms with van der Waals surface area (Å²) in [5.41, 5.74) is 5.55. The fraction of sp³-hybridized carbons (Fsp3) is 0.314. The Hall–Kier alpha value is -4.54. The molecular formula is C35H44N4O5S. The van der Waals surface area contributed by atoms with E-state index in [1.54, 1.807) is 42.5 Å². The van der Waals surface area contributed by atoms with Crippen molar-refractivity contribution in [3.8, 4) is 5.75 Å². The SMILES string of the molecule is COC(=O)c1cc(CNCCCNC=O)cc(OC)c1.Cc1cccc(C(=O)N(C)Cc2nc(C)cs2)c1.Cc1ccccc1. The van der Waals surface area contributed by atoms with Crippen LogP contribution in [0.4, 0.5) is 0 Å². The van der Waals surface area contributed by atoms with E-state index < -0.39 is 0 Å². The third-order valence-corrected chi connectivity index (χ3v) is 7.25. The van der Waals surface area contributed by atoms with Gasteiger partial charge in [-0.15, -0.1) is 11.3 Å². The van der Waals surface area contributed by atoms with Crippen LogP contribution >= 0.6 is 11.3 Å². The molecule has 2 amide bonds. The zero-order valence-corrected chi connectivity index (χ0v) is 27.8. The van der Waals surface area contributed by atoms with Crippen molar-refractivity contribution in [3.05, 3.63) is 117 Å². The van der Waals surface area contributed by atoms with Crippen LogP contribution in [0.15, 0.2) is 78.2 Å². The molecule has 4 rings (SSSR count). The summed E-state index contributed by atoms with van der Waals surface area (Å²) >= 11 is 1.59. The minimum Gasteiger partial charge on any atom is -0.497 e. The molecule has 240 valence electrons. The van der Waals surface area contributed by atoms with E-state index in [1.807, 2.05) is 67.8 Å². The molecule has 3 aromatic carbocycles. The maximum absolute atomic E-state index is 12.2. The van der Waals surface area contributed by atoms with Gasteiger partial charge in [-0.1, -0.05) is 53.6 Å². The molecule has 0 aliphatic carbocycles. The first-order valence-electron chi connectivity index (χ1n) is 14.6. The number of benzene rings is 3. The number of rotatable bonds is 12. The molecular weight excluding hydrogens is 588 g/mol. The van der Waals surface area contributed by atoms with Crippen LogP contribution in [0.25, 0.3) is 0 Å². The number of ether oxygens (including phenoxy) is 2. The number of carbonyl (C=O) groups is 3. The summed E-state index contributed by atoms with van der Waals surface area (Å²) in [6.07, 6.45) is 1.53. The lowest BCUT2D eigenvalue weighted by Gasteiger charge is -2.15. The van der Waals surface area contributed by atoms with Gasteiger partial charge >= 0.3 is 5.97 Å². The van der Waals surface area contributed by atoms with Crippen LogP contribution in [0.3, 0.4) is 0 Å². The van der Waals surface area contributed by atoms with E-state index in [2.05, 4.69) is 34.7 Å². The second-order valence-corrected chi connectivity index (χ2v) is 11.2. The van der Waals surface area contributed by atoms with Crippen molar-refractivity contribution < 1.29 is 23.9 Å². The van der Waals surface area contributed by atoms with Crippen molar-refractivity contribution in [2.45, 2.75) is 40.3 Å². The van der Waals surface area contributed by atoms with Gasteiger partial charge in [0, 0.05) is 36.8 Å². The van der Waals surface area contributed by atoms with Crippen LogP contribution in [0, 0.1) is 20.8 Å². The number of thiazole rings is 1. The van der Waals surface area contributed by atoms with Crippen LogP contribution in [0.2, 0.25) is 0 Å². The van der Waals surface area contributed by atoms with E-state index in [4.69, 9.17) is 9.47 Å². The van der Waals surface area contributed by atoms with Crippen molar-refractivity contribution >= 4 is 29.6 Å². The van der Waals surface area contributed by atoms with E-state index in [0.717, 1.165) is 40.4 Å². The first-order valence-corrected chi connectivity index (χ1v) is 15.4. The van der Waals surface area contributed by atoms with E-state index >= 15 is 0 Å². The highest BCUT2D eigenvalue weighted by Crippen LogP contribution is 2.18. The molecule has 9 nitrogen and oxygen atoms in total. The van der Waals surface area contributed by atoms with Crippen molar-refractivity contribution in [3.63, 3.8) is 0 Å². The largest absolute Gasteiger partial charge is 0.497 e. The summed E-state index contributed by atoms with van der Waals surface area (Å²) < 4.78 is 9.87. The van der Waals surface area contributed by atoms with Crippen LogP contribution in [0.1, 0.15) is 54.5 Å². The molecule has 0 spiro atoms. The number of methoxy groups -OCH3 is 2. The first kappa shape index (κ1) is 36.7. The highest BCUT2D eigenvalue weighted by molar-refractivity contribution is 7.09. The molecule has 1 aromatic heterocycles. The van der Waals surface area contributed by atoms with Gasteiger partial charge in [0.15, 0.2) is 0 Å². The maximum atomic E-state index is 12.2. The number of aryl methyl sites for hydroxylation is 3. The predicted molar refractivity (Wildman–Crippen MR) is 180 cm³/mol. The van der Waals surface area contributed by atoms with E-state index in [9.17, 15) is 14.4 Å². The van der Waals surface area contributed by atoms with Gasteiger partial charge in [0.2, 0.25) is 6.41 Å². The molecule has 0 fully saturated rings. The molecule has 0 saturated carbocycles. The monoisotopic (exact) mass is 632 g/mol. The van der Waals surface area contributed by atoms with E-state index in [-0.39, 0.29) is 11.9 Å². The van der Waals surface area contributed by atoms with Crippen molar-refractivity contribution in [2.24, 2.45) is 0 Å². The molecule has 0 unspecified atom stereocenters. The van der Waals surface area contributed by atoms with Gasteiger partial charge in [0.05, 0.1) is 26.3 Å². The fourth-order valence-electron chi connectivity index (χ4n) is 4.01. The molecule has 0 radical (unpaired) electrons. The average Bonchev–Trinajstić information content (AvgIpc) is 3.46. The second-order valence-electron chi connectivity index (χ2n) is 10.2. The van der Waals surface area contributed by atoms with Gasteiger partial charge in [-0.3, -0.25) is 9.59 Å². The Balaban J connectivity index is 0.000000259. The van der Waals surface area contributed by atoms with Gasteiger partial charge in [0.25, 0.3) is 5.91 Å². The summed E-state index contributed by atoms with van der Waals surface area (Å²) in [4.78, 5) is 39.9. The standard InChI is InChI=1S/C14H20N2O4.C14H16N2OS.C7H8/c1-19-13-7-11(6-12(8-13)14(18)20-2)9-15-4-3-5-16-10-17;1-10-5-4-6-12(7-10)14(17)16(3)8-13-15-11(2)9-18-13;1-7-5-3-2-4-6-7/h6-8,10,15H,3-5,9H2,1-2H3,(H,16,17);4-7,9H,8H2,1-3H3;2-6H,1H3. The number of nitrogens with one attached hydrogen (secondary N) is 2.